The lowest BCUT2D eigenvalue weighted by Crippen LogP contribution is -2.30. The van der Waals surface area contributed by atoms with Crippen molar-refractivity contribution >= 4 is 34.8 Å². The van der Waals surface area contributed by atoms with Gasteiger partial charge in [0.25, 0.3) is 0 Å². The summed E-state index contributed by atoms with van der Waals surface area (Å²) in [5.74, 6) is 0.571. The fourth-order valence-electron chi connectivity index (χ4n) is 1.88. The zero-order valence-electron chi connectivity index (χ0n) is 12.0. The summed E-state index contributed by atoms with van der Waals surface area (Å²) in [6.07, 6.45) is 5.01. The molecule has 0 radical (unpaired) electrons. The van der Waals surface area contributed by atoms with Crippen molar-refractivity contribution in [1.29, 1.82) is 0 Å². The Kier molecular flexibility index (Phi) is 8.70. The lowest BCUT2D eigenvalue weighted by Gasteiger charge is -2.14. The summed E-state index contributed by atoms with van der Waals surface area (Å²) in [6, 6.07) is 3.76. The van der Waals surface area contributed by atoms with Gasteiger partial charge in [0.05, 0.1) is 15.1 Å². The molecule has 114 valence electrons. The molecule has 0 fully saturated rings. The molecule has 1 N–H and O–H groups in total. The zero-order valence-corrected chi connectivity index (χ0v) is 14.3. The van der Waals surface area contributed by atoms with Gasteiger partial charge in [-0.1, -0.05) is 61.0 Å². The van der Waals surface area contributed by atoms with E-state index in [1.807, 2.05) is 0 Å². The summed E-state index contributed by atoms with van der Waals surface area (Å²) < 4.78 is 5.61. The molecule has 0 bridgehead atoms. The van der Waals surface area contributed by atoms with Crippen LogP contribution in [0.2, 0.25) is 15.1 Å². The van der Waals surface area contributed by atoms with Gasteiger partial charge in [-0.05, 0) is 19.4 Å². The number of unbranched alkanes of at least 4 members (excludes halogenated alkanes) is 2. The van der Waals surface area contributed by atoms with E-state index in [9.17, 15) is 0 Å². The average molecular weight is 339 g/mol. The minimum Gasteiger partial charge on any atom is -0.491 e. The van der Waals surface area contributed by atoms with Crippen LogP contribution in [0.1, 0.15) is 39.5 Å². The molecule has 2 nitrogen and oxygen atoms in total. The van der Waals surface area contributed by atoms with Crippen molar-refractivity contribution in [3.05, 3.63) is 27.2 Å². The Balaban J connectivity index is 2.26. The van der Waals surface area contributed by atoms with Crippen molar-refractivity contribution in [2.75, 3.05) is 13.2 Å². The monoisotopic (exact) mass is 337 g/mol. The highest BCUT2D eigenvalue weighted by atomic mass is 35.5. The lowest BCUT2D eigenvalue weighted by molar-refractivity contribution is 0.304. The van der Waals surface area contributed by atoms with Gasteiger partial charge in [0.2, 0.25) is 0 Å². The van der Waals surface area contributed by atoms with Gasteiger partial charge in [0.15, 0.2) is 0 Å². The van der Waals surface area contributed by atoms with Crippen LogP contribution in [0.3, 0.4) is 0 Å². The van der Waals surface area contributed by atoms with E-state index >= 15 is 0 Å². The number of rotatable bonds is 9. The molecule has 1 aromatic carbocycles. The Bertz CT molecular complexity index is 412. The van der Waals surface area contributed by atoms with Crippen LogP contribution in [0.4, 0.5) is 0 Å². The van der Waals surface area contributed by atoms with Crippen molar-refractivity contribution in [2.45, 2.75) is 45.6 Å². The topological polar surface area (TPSA) is 21.3 Å². The van der Waals surface area contributed by atoms with Crippen molar-refractivity contribution in [1.82, 2.24) is 5.32 Å². The van der Waals surface area contributed by atoms with Crippen LogP contribution in [0.25, 0.3) is 0 Å². The SMILES string of the molecule is CCCCCC(C)NCCOc1cc(Cl)c(Cl)cc1Cl. The zero-order chi connectivity index (χ0) is 15.0. The quantitative estimate of drug-likeness (QED) is 0.468. The Morgan fingerprint density at radius 1 is 1.10 bits per heavy atom. The number of halogens is 3. The third kappa shape index (κ3) is 6.53. The molecule has 0 aliphatic heterocycles. The van der Waals surface area contributed by atoms with Crippen LogP contribution in [0, 0.1) is 0 Å². The molecule has 0 amide bonds. The second-order valence-electron chi connectivity index (χ2n) is 4.90. The number of benzene rings is 1. The summed E-state index contributed by atoms with van der Waals surface area (Å²) in [5, 5.41) is 4.80. The fraction of sp³-hybridized carbons (Fsp3) is 0.600. The van der Waals surface area contributed by atoms with Crippen molar-refractivity contribution in [3.8, 4) is 5.75 Å². The summed E-state index contributed by atoms with van der Waals surface area (Å²) >= 11 is 17.8. The Morgan fingerprint density at radius 3 is 2.50 bits per heavy atom. The maximum Gasteiger partial charge on any atom is 0.139 e. The molecule has 1 unspecified atom stereocenters. The highest BCUT2D eigenvalue weighted by Crippen LogP contribution is 2.33. The maximum atomic E-state index is 6.04. The molecular formula is C15H22Cl3NO. The smallest absolute Gasteiger partial charge is 0.139 e. The summed E-state index contributed by atoms with van der Waals surface area (Å²) in [6.45, 7) is 5.74. The van der Waals surface area contributed by atoms with Crippen LogP contribution in [0.15, 0.2) is 12.1 Å². The van der Waals surface area contributed by atoms with Gasteiger partial charge in [0.1, 0.15) is 12.4 Å². The molecule has 20 heavy (non-hydrogen) atoms. The molecular weight excluding hydrogens is 317 g/mol. The highest BCUT2D eigenvalue weighted by molar-refractivity contribution is 6.43. The van der Waals surface area contributed by atoms with Crippen LogP contribution < -0.4 is 10.1 Å². The van der Waals surface area contributed by atoms with Crippen LogP contribution in [-0.4, -0.2) is 19.2 Å². The van der Waals surface area contributed by atoms with Crippen LogP contribution >= 0.6 is 34.8 Å². The van der Waals surface area contributed by atoms with E-state index in [0.717, 1.165) is 6.54 Å². The molecule has 0 aliphatic carbocycles. The molecule has 0 saturated carbocycles. The largest absolute Gasteiger partial charge is 0.491 e. The summed E-state index contributed by atoms with van der Waals surface area (Å²) in [4.78, 5) is 0. The second kappa shape index (κ2) is 9.73. The van der Waals surface area contributed by atoms with E-state index in [1.165, 1.54) is 25.7 Å². The third-order valence-electron chi connectivity index (χ3n) is 3.07. The van der Waals surface area contributed by atoms with Crippen LogP contribution in [-0.2, 0) is 0 Å². The van der Waals surface area contributed by atoms with Crippen molar-refractivity contribution in [3.63, 3.8) is 0 Å². The maximum absolute atomic E-state index is 6.04. The molecule has 0 heterocycles. The van der Waals surface area contributed by atoms with E-state index < -0.39 is 0 Å². The van der Waals surface area contributed by atoms with Crippen molar-refractivity contribution in [2.24, 2.45) is 0 Å². The fourth-order valence-corrected chi connectivity index (χ4v) is 2.48. The first kappa shape index (κ1) is 17.9. The first-order valence-corrected chi connectivity index (χ1v) is 8.18. The predicted octanol–water partition coefficient (Wildman–Crippen LogP) is 5.58. The molecule has 0 saturated heterocycles. The van der Waals surface area contributed by atoms with Gasteiger partial charge in [-0.25, -0.2) is 0 Å². The lowest BCUT2D eigenvalue weighted by atomic mass is 10.1. The first-order chi connectivity index (χ1) is 9.54. The minimum atomic E-state index is 0.437. The minimum absolute atomic E-state index is 0.437. The second-order valence-corrected chi connectivity index (χ2v) is 6.12. The first-order valence-electron chi connectivity index (χ1n) is 7.05. The van der Waals surface area contributed by atoms with E-state index in [4.69, 9.17) is 39.5 Å². The van der Waals surface area contributed by atoms with E-state index in [0.29, 0.717) is 33.5 Å². The van der Waals surface area contributed by atoms with Gasteiger partial charge in [-0.2, -0.15) is 0 Å². The molecule has 5 heteroatoms. The Hall–Kier alpha value is -0.150. The van der Waals surface area contributed by atoms with Gasteiger partial charge in [-0.15, -0.1) is 0 Å². The van der Waals surface area contributed by atoms with Crippen molar-refractivity contribution < 1.29 is 4.74 Å². The summed E-state index contributed by atoms with van der Waals surface area (Å²) in [7, 11) is 0. The Morgan fingerprint density at radius 2 is 1.80 bits per heavy atom. The van der Waals surface area contributed by atoms with E-state index in [2.05, 4.69) is 19.2 Å². The number of hydrogen-bond donors (Lipinski definition) is 1. The van der Waals surface area contributed by atoms with Gasteiger partial charge >= 0.3 is 0 Å². The molecule has 1 atom stereocenters. The predicted molar refractivity (Wildman–Crippen MR) is 88.6 cm³/mol. The van der Waals surface area contributed by atoms with Crippen LogP contribution in [0.5, 0.6) is 5.75 Å². The standard InChI is InChI=1S/C15H22Cl3NO/c1-3-4-5-6-11(2)19-7-8-20-15-10-13(17)12(16)9-14(15)18/h9-11,19H,3-8H2,1-2H3. The molecule has 0 spiro atoms. The average Bonchev–Trinajstić information content (AvgIpc) is 2.40. The van der Waals surface area contributed by atoms with Gasteiger partial charge in [-0.3, -0.25) is 0 Å². The Labute approximate surface area is 136 Å². The van der Waals surface area contributed by atoms with Gasteiger partial charge < -0.3 is 10.1 Å². The molecule has 0 aliphatic rings. The normalized spacial score (nSPS) is 12.4. The number of hydrogen-bond acceptors (Lipinski definition) is 2. The van der Waals surface area contributed by atoms with E-state index in [1.54, 1.807) is 12.1 Å². The third-order valence-corrected chi connectivity index (χ3v) is 4.09. The van der Waals surface area contributed by atoms with Gasteiger partial charge in [0, 0.05) is 18.7 Å². The molecule has 0 aromatic heterocycles. The number of ether oxygens (including phenoxy) is 1. The van der Waals surface area contributed by atoms with E-state index in [-0.39, 0.29) is 0 Å². The number of nitrogens with one attached hydrogen (secondary N) is 1. The highest BCUT2D eigenvalue weighted by Gasteiger charge is 2.07. The molecule has 1 rings (SSSR count). The molecule has 1 aromatic rings. The summed E-state index contributed by atoms with van der Waals surface area (Å²) in [5.41, 5.74) is 0.